The summed E-state index contributed by atoms with van der Waals surface area (Å²) in [6.45, 7) is 0. The van der Waals surface area contributed by atoms with Crippen molar-refractivity contribution in [2.24, 2.45) is 0 Å². The van der Waals surface area contributed by atoms with Crippen molar-refractivity contribution in [1.82, 2.24) is 9.97 Å². The molecule has 1 N–H and O–H groups in total. The predicted octanol–water partition coefficient (Wildman–Crippen LogP) is 4.44. The monoisotopic (exact) mass is 293 g/mol. The molecule has 4 heteroatoms. The smallest absolute Gasteiger partial charge is 0.189 e. The van der Waals surface area contributed by atoms with Gasteiger partial charge in [0.05, 0.1) is 5.69 Å². The van der Waals surface area contributed by atoms with E-state index in [-0.39, 0.29) is 0 Å². The van der Waals surface area contributed by atoms with E-state index in [1.54, 1.807) is 17.5 Å². The maximum absolute atomic E-state index is 4.81. The molecule has 3 aromatic rings. The highest BCUT2D eigenvalue weighted by Gasteiger charge is 2.18. The number of hydrogen-bond donors (Lipinski definition) is 1. The zero-order chi connectivity index (χ0) is 14.1. The van der Waals surface area contributed by atoms with Gasteiger partial charge in [-0.05, 0) is 37.0 Å². The van der Waals surface area contributed by atoms with E-state index in [2.05, 4.69) is 34.6 Å². The Bertz CT molecular complexity index is 765. The number of thiazole rings is 1. The predicted molar refractivity (Wildman–Crippen MR) is 87.1 cm³/mol. The minimum absolute atomic E-state index is 0.842. The van der Waals surface area contributed by atoms with Crippen molar-refractivity contribution in [2.75, 3.05) is 5.32 Å². The van der Waals surface area contributed by atoms with Crippen molar-refractivity contribution in [3.05, 3.63) is 59.1 Å². The Hall–Kier alpha value is -2.20. The molecule has 4 rings (SSSR count). The molecule has 1 aliphatic rings. The summed E-state index contributed by atoms with van der Waals surface area (Å²) in [6, 6.07) is 14.5. The van der Waals surface area contributed by atoms with Gasteiger partial charge >= 0.3 is 0 Å². The lowest BCUT2D eigenvalue weighted by Crippen LogP contribution is -1.92. The lowest BCUT2D eigenvalue weighted by molar-refractivity contribution is 0.843. The Morgan fingerprint density at radius 3 is 2.81 bits per heavy atom. The highest BCUT2D eigenvalue weighted by molar-refractivity contribution is 7.16. The summed E-state index contributed by atoms with van der Waals surface area (Å²) in [6.07, 6.45) is 5.22. The zero-order valence-corrected chi connectivity index (χ0v) is 12.4. The van der Waals surface area contributed by atoms with Gasteiger partial charge in [-0.1, -0.05) is 30.3 Å². The summed E-state index contributed by atoms with van der Waals surface area (Å²) in [4.78, 5) is 10.5. The van der Waals surface area contributed by atoms with Gasteiger partial charge in [-0.25, -0.2) is 9.97 Å². The van der Waals surface area contributed by atoms with Crippen LogP contribution in [0.3, 0.4) is 0 Å². The van der Waals surface area contributed by atoms with Crippen LogP contribution in [0.2, 0.25) is 0 Å². The fraction of sp³-hybridized carbons (Fsp3) is 0.176. The van der Waals surface area contributed by atoms with Crippen molar-refractivity contribution in [2.45, 2.75) is 19.3 Å². The molecule has 21 heavy (non-hydrogen) atoms. The van der Waals surface area contributed by atoms with Crippen molar-refractivity contribution < 1.29 is 0 Å². The highest BCUT2D eigenvalue weighted by atomic mass is 32.1. The van der Waals surface area contributed by atoms with E-state index in [1.165, 1.54) is 22.4 Å². The van der Waals surface area contributed by atoms with Crippen LogP contribution in [0.25, 0.3) is 11.3 Å². The third kappa shape index (κ3) is 2.43. The van der Waals surface area contributed by atoms with E-state index < -0.39 is 0 Å². The molecule has 0 spiro atoms. The Balaban J connectivity index is 1.73. The molecule has 1 aromatic carbocycles. The number of pyridine rings is 1. The average Bonchev–Trinajstić information content (AvgIpc) is 2.83. The third-order valence-corrected chi connectivity index (χ3v) is 4.75. The maximum Gasteiger partial charge on any atom is 0.189 e. The van der Waals surface area contributed by atoms with Gasteiger partial charge in [0, 0.05) is 16.6 Å². The van der Waals surface area contributed by atoms with Crippen molar-refractivity contribution in [3.8, 4) is 11.3 Å². The normalized spacial score (nSPS) is 13.1. The van der Waals surface area contributed by atoms with Crippen LogP contribution in [0.1, 0.15) is 16.9 Å². The number of aromatic nitrogens is 2. The van der Waals surface area contributed by atoms with Crippen LogP contribution in [0.15, 0.2) is 48.7 Å². The quantitative estimate of drug-likeness (QED) is 0.759. The summed E-state index contributed by atoms with van der Waals surface area (Å²) >= 11 is 1.74. The second kappa shape index (κ2) is 5.30. The summed E-state index contributed by atoms with van der Waals surface area (Å²) in [7, 11) is 0. The van der Waals surface area contributed by atoms with E-state index in [1.807, 2.05) is 18.2 Å². The van der Waals surface area contributed by atoms with Gasteiger partial charge in [-0.15, -0.1) is 11.3 Å². The number of nitrogens with zero attached hydrogens (tertiary/aromatic N) is 2. The molecule has 0 bridgehead atoms. The Morgan fingerprint density at radius 1 is 1.00 bits per heavy atom. The molecule has 0 unspecified atom stereocenters. The molecule has 1 aliphatic carbocycles. The first-order valence-electron chi connectivity index (χ1n) is 7.16. The van der Waals surface area contributed by atoms with E-state index in [0.29, 0.717) is 0 Å². The average molecular weight is 293 g/mol. The molecule has 2 aromatic heterocycles. The molecule has 0 atom stereocenters. The molecule has 0 aliphatic heterocycles. The first-order chi connectivity index (χ1) is 10.4. The van der Waals surface area contributed by atoms with Gasteiger partial charge in [0.15, 0.2) is 5.13 Å². The standard InChI is InChI=1S/C17H15N3S/c1-2-8-13-12(6-1)7-5-9-14-16(13)20-17(21-14)19-15-10-3-4-11-18-15/h1-4,6,8,10-11H,5,7,9H2,(H,18,19,20). The van der Waals surface area contributed by atoms with Gasteiger partial charge in [0.2, 0.25) is 0 Å². The largest absolute Gasteiger partial charge is 0.316 e. The highest BCUT2D eigenvalue weighted by Crippen LogP contribution is 2.37. The number of aryl methyl sites for hydroxylation is 2. The second-order valence-electron chi connectivity index (χ2n) is 5.14. The fourth-order valence-corrected chi connectivity index (χ4v) is 3.76. The molecular weight excluding hydrogens is 278 g/mol. The Kier molecular flexibility index (Phi) is 3.16. The minimum Gasteiger partial charge on any atom is -0.316 e. The van der Waals surface area contributed by atoms with Crippen molar-refractivity contribution in [1.29, 1.82) is 0 Å². The van der Waals surface area contributed by atoms with Gasteiger partial charge in [-0.3, -0.25) is 0 Å². The van der Waals surface area contributed by atoms with Crippen LogP contribution in [-0.2, 0) is 12.8 Å². The number of anilines is 2. The van der Waals surface area contributed by atoms with Crippen LogP contribution < -0.4 is 5.32 Å². The molecule has 0 saturated carbocycles. The number of hydrogen-bond acceptors (Lipinski definition) is 4. The molecule has 0 fully saturated rings. The minimum atomic E-state index is 0.842. The summed E-state index contributed by atoms with van der Waals surface area (Å²) in [5, 5.41) is 4.23. The van der Waals surface area contributed by atoms with E-state index in [9.17, 15) is 0 Å². The summed E-state index contributed by atoms with van der Waals surface area (Å²) < 4.78 is 0. The van der Waals surface area contributed by atoms with Gasteiger partial charge in [0.1, 0.15) is 5.82 Å². The van der Waals surface area contributed by atoms with Gasteiger partial charge in [-0.2, -0.15) is 0 Å². The van der Waals surface area contributed by atoms with Crippen LogP contribution in [-0.4, -0.2) is 9.97 Å². The van der Waals surface area contributed by atoms with Crippen LogP contribution in [0.5, 0.6) is 0 Å². The lowest BCUT2D eigenvalue weighted by Gasteiger charge is -2.04. The van der Waals surface area contributed by atoms with Crippen LogP contribution >= 0.6 is 11.3 Å². The van der Waals surface area contributed by atoms with Crippen molar-refractivity contribution >= 4 is 22.3 Å². The van der Waals surface area contributed by atoms with Crippen LogP contribution in [0, 0.1) is 0 Å². The van der Waals surface area contributed by atoms with E-state index in [4.69, 9.17) is 4.98 Å². The second-order valence-corrected chi connectivity index (χ2v) is 6.23. The molecule has 2 heterocycles. The Morgan fingerprint density at radius 2 is 1.90 bits per heavy atom. The molecular formula is C17H15N3S. The van der Waals surface area contributed by atoms with Gasteiger partial charge in [0.25, 0.3) is 0 Å². The van der Waals surface area contributed by atoms with E-state index in [0.717, 1.165) is 29.5 Å². The SMILES string of the molecule is c1ccc(Nc2nc3c(s2)CCCc2ccccc2-3)nc1. The topological polar surface area (TPSA) is 37.8 Å². The fourth-order valence-electron chi connectivity index (χ4n) is 2.74. The summed E-state index contributed by atoms with van der Waals surface area (Å²) in [5.41, 5.74) is 3.84. The third-order valence-electron chi connectivity index (χ3n) is 3.72. The first-order valence-corrected chi connectivity index (χ1v) is 7.98. The molecule has 3 nitrogen and oxygen atoms in total. The molecule has 104 valence electrons. The maximum atomic E-state index is 4.81. The first kappa shape index (κ1) is 12.5. The molecule has 0 radical (unpaired) electrons. The number of benzene rings is 1. The number of fused-ring (bicyclic) bond motifs is 3. The van der Waals surface area contributed by atoms with Crippen molar-refractivity contribution in [3.63, 3.8) is 0 Å². The van der Waals surface area contributed by atoms with E-state index >= 15 is 0 Å². The molecule has 0 saturated heterocycles. The van der Waals surface area contributed by atoms with Crippen LogP contribution in [0.4, 0.5) is 10.9 Å². The number of rotatable bonds is 2. The lowest BCUT2D eigenvalue weighted by atomic mass is 10.0. The summed E-state index contributed by atoms with van der Waals surface area (Å²) in [5.74, 6) is 0.842. The molecule has 0 amide bonds. The Labute approximate surface area is 127 Å². The number of nitrogens with one attached hydrogen (secondary N) is 1. The zero-order valence-electron chi connectivity index (χ0n) is 11.5. The van der Waals surface area contributed by atoms with Gasteiger partial charge < -0.3 is 5.32 Å².